The number of aryl methyl sites for hydroxylation is 1. The van der Waals surface area contributed by atoms with E-state index in [1.807, 2.05) is 11.3 Å². The molecule has 0 amide bonds. The van der Waals surface area contributed by atoms with Gasteiger partial charge in [-0.05, 0) is 30.0 Å². The number of hydrogen-bond acceptors (Lipinski definition) is 3. The Labute approximate surface area is 83.4 Å². The van der Waals surface area contributed by atoms with Crippen LogP contribution in [0.4, 0.5) is 0 Å². The molecule has 0 saturated heterocycles. The van der Waals surface area contributed by atoms with Crippen LogP contribution in [0, 0.1) is 0 Å². The van der Waals surface area contributed by atoms with Crippen molar-refractivity contribution in [2.24, 2.45) is 5.73 Å². The molecule has 0 aromatic carbocycles. The maximum Gasteiger partial charge on any atom is 0.0438 e. The second kappa shape index (κ2) is 3.40. The van der Waals surface area contributed by atoms with Gasteiger partial charge in [-0.2, -0.15) is 0 Å². The molecule has 0 spiro atoms. The number of nitrogens with zero attached hydrogens (tertiary/aromatic N) is 1. The van der Waals surface area contributed by atoms with Crippen LogP contribution in [0.3, 0.4) is 0 Å². The Morgan fingerprint density at radius 2 is 2.46 bits per heavy atom. The number of thiophene rings is 1. The van der Waals surface area contributed by atoms with Crippen LogP contribution in [0.15, 0.2) is 5.38 Å². The highest BCUT2D eigenvalue weighted by Gasteiger charge is 2.23. The molecule has 2 heterocycles. The minimum absolute atomic E-state index is 0.231. The maximum absolute atomic E-state index is 6.12. The summed E-state index contributed by atoms with van der Waals surface area (Å²) in [6.07, 6.45) is 1.11. The normalized spacial score (nSPS) is 23.2. The average Bonchev–Trinajstić information content (AvgIpc) is 2.47. The largest absolute Gasteiger partial charge is 0.323 e. The van der Waals surface area contributed by atoms with Gasteiger partial charge in [0.05, 0.1) is 0 Å². The Kier molecular flexibility index (Phi) is 2.41. The lowest BCUT2D eigenvalue weighted by atomic mass is 9.98. The molecule has 0 aliphatic carbocycles. The van der Waals surface area contributed by atoms with E-state index < -0.39 is 0 Å². The van der Waals surface area contributed by atoms with Gasteiger partial charge in [0.1, 0.15) is 0 Å². The van der Waals surface area contributed by atoms with Crippen LogP contribution in [0.2, 0.25) is 0 Å². The Morgan fingerprint density at radius 3 is 3.15 bits per heavy atom. The van der Waals surface area contributed by atoms with Crippen LogP contribution in [-0.4, -0.2) is 18.5 Å². The first-order chi connectivity index (χ1) is 6.22. The second-order valence-corrected chi connectivity index (χ2v) is 4.72. The minimum atomic E-state index is 0.231. The SMILES string of the molecule is CCc1csc2c1C(N)CN(C)C2. The Hall–Kier alpha value is -0.380. The van der Waals surface area contributed by atoms with E-state index in [0.717, 1.165) is 19.5 Å². The number of hydrogen-bond donors (Lipinski definition) is 1. The summed E-state index contributed by atoms with van der Waals surface area (Å²) in [6.45, 7) is 4.28. The van der Waals surface area contributed by atoms with E-state index in [2.05, 4.69) is 24.3 Å². The van der Waals surface area contributed by atoms with Crippen LogP contribution in [0.25, 0.3) is 0 Å². The summed E-state index contributed by atoms with van der Waals surface area (Å²) < 4.78 is 0. The molecule has 2 nitrogen and oxygen atoms in total. The van der Waals surface area contributed by atoms with E-state index in [1.54, 1.807) is 0 Å². The Bertz CT molecular complexity index is 306. The van der Waals surface area contributed by atoms with Gasteiger partial charge in [0.15, 0.2) is 0 Å². The van der Waals surface area contributed by atoms with Crippen molar-refractivity contribution in [1.29, 1.82) is 0 Å². The molecule has 0 saturated carbocycles. The van der Waals surface area contributed by atoms with E-state index in [9.17, 15) is 0 Å². The fraction of sp³-hybridized carbons (Fsp3) is 0.600. The van der Waals surface area contributed by atoms with Crippen molar-refractivity contribution in [1.82, 2.24) is 4.90 Å². The molecule has 1 aliphatic heterocycles. The standard InChI is InChI=1S/C10H16N2S/c1-3-7-6-13-9-5-12(2)4-8(11)10(7)9/h6,8H,3-5,11H2,1-2H3. The highest BCUT2D eigenvalue weighted by atomic mass is 32.1. The van der Waals surface area contributed by atoms with Crippen LogP contribution < -0.4 is 5.73 Å². The van der Waals surface area contributed by atoms with Crippen molar-refractivity contribution in [2.75, 3.05) is 13.6 Å². The lowest BCUT2D eigenvalue weighted by molar-refractivity contribution is 0.286. The van der Waals surface area contributed by atoms with Crippen molar-refractivity contribution in [3.8, 4) is 0 Å². The summed E-state index contributed by atoms with van der Waals surface area (Å²) in [6, 6.07) is 0.231. The number of rotatable bonds is 1. The third kappa shape index (κ3) is 1.52. The lowest BCUT2D eigenvalue weighted by Crippen LogP contribution is -2.34. The molecule has 72 valence electrons. The van der Waals surface area contributed by atoms with Crippen molar-refractivity contribution in [2.45, 2.75) is 25.9 Å². The fourth-order valence-electron chi connectivity index (χ4n) is 2.03. The zero-order valence-electron chi connectivity index (χ0n) is 8.21. The number of fused-ring (bicyclic) bond motifs is 1. The third-order valence-corrected chi connectivity index (χ3v) is 3.70. The highest BCUT2D eigenvalue weighted by molar-refractivity contribution is 7.10. The molecule has 0 radical (unpaired) electrons. The summed E-state index contributed by atoms with van der Waals surface area (Å²) in [7, 11) is 2.13. The molecule has 1 aromatic heterocycles. The smallest absolute Gasteiger partial charge is 0.0438 e. The fourth-order valence-corrected chi connectivity index (χ4v) is 3.31. The van der Waals surface area contributed by atoms with Crippen molar-refractivity contribution in [3.05, 3.63) is 21.4 Å². The molecule has 13 heavy (non-hydrogen) atoms. The topological polar surface area (TPSA) is 29.3 Å². The van der Waals surface area contributed by atoms with Crippen molar-refractivity contribution in [3.63, 3.8) is 0 Å². The van der Waals surface area contributed by atoms with E-state index >= 15 is 0 Å². The minimum Gasteiger partial charge on any atom is -0.323 e. The maximum atomic E-state index is 6.12. The summed E-state index contributed by atoms with van der Waals surface area (Å²) >= 11 is 1.86. The van der Waals surface area contributed by atoms with Crippen LogP contribution in [0.5, 0.6) is 0 Å². The van der Waals surface area contributed by atoms with Crippen LogP contribution in [0.1, 0.15) is 29.0 Å². The molecular formula is C10H16N2S. The van der Waals surface area contributed by atoms with E-state index in [-0.39, 0.29) is 6.04 Å². The van der Waals surface area contributed by atoms with Gasteiger partial charge in [-0.1, -0.05) is 6.92 Å². The predicted octanol–water partition coefficient (Wildman–Crippen LogP) is 1.76. The van der Waals surface area contributed by atoms with Gasteiger partial charge < -0.3 is 5.73 Å². The number of likely N-dealkylation sites (N-methyl/N-ethyl adjacent to an activating group) is 1. The molecule has 1 aromatic rings. The van der Waals surface area contributed by atoms with Gasteiger partial charge in [-0.3, -0.25) is 4.90 Å². The molecule has 1 unspecified atom stereocenters. The second-order valence-electron chi connectivity index (χ2n) is 3.75. The monoisotopic (exact) mass is 196 g/mol. The molecule has 3 heteroatoms. The number of nitrogens with two attached hydrogens (primary N) is 1. The zero-order chi connectivity index (χ0) is 9.42. The van der Waals surface area contributed by atoms with Crippen molar-refractivity contribution < 1.29 is 0 Å². The molecule has 1 atom stereocenters. The summed E-state index contributed by atoms with van der Waals surface area (Å²) in [5.74, 6) is 0. The quantitative estimate of drug-likeness (QED) is 0.741. The third-order valence-electron chi connectivity index (χ3n) is 2.66. The molecule has 1 aliphatic rings. The molecule has 0 fully saturated rings. The summed E-state index contributed by atoms with van der Waals surface area (Å²) in [4.78, 5) is 3.77. The van der Waals surface area contributed by atoms with E-state index in [0.29, 0.717) is 0 Å². The highest BCUT2D eigenvalue weighted by Crippen LogP contribution is 2.32. The lowest BCUT2D eigenvalue weighted by Gasteiger charge is -2.28. The van der Waals surface area contributed by atoms with Crippen LogP contribution >= 0.6 is 11.3 Å². The zero-order valence-corrected chi connectivity index (χ0v) is 9.03. The van der Waals surface area contributed by atoms with Gasteiger partial charge in [0.25, 0.3) is 0 Å². The predicted molar refractivity (Wildman–Crippen MR) is 57.0 cm³/mol. The van der Waals surface area contributed by atoms with E-state index in [1.165, 1.54) is 16.0 Å². The molecular weight excluding hydrogens is 180 g/mol. The first kappa shape index (κ1) is 9.19. The molecule has 0 bridgehead atoms. The van der Waals surface area contributed by atoms with Crippen LogP contribution in [-0.2, 0) is 13.0 Å². The van der Waals surface area contributed by atoms with Gasteiger partial charge >= 0.3 is 0 Å². The van der Waals surface area contributed by atoms with Gasteiger partial charge in [-0.25, -0.2) is 0 Å². The summed E-state index contributed by atoms with van der Waals surface area (Å²) in [5, 5.41) is 2.27. The Morgan fingerprint density at radius 1 is 1.69 bits per heavy atom. The van der Waals surface area contributed by atoms with E-state index in [4.69, 9.17) is 5.73 Å². The van der Waals surface area contributed by atoms with Gasteiger partial charge in [0.2, 0.25) is 0 Å². The first-order valence-electron chi connectivity index (χ1n) is 4.75. The molecule has 2 N–H and O–H groups in total. The average molecular weight is 196 g/mol. The van der Waals surface area contributed by atoms with Gasteiger partial charge in [-0.15, -0.1) is 11.3 Å². The Balaban J connectivity index is 2.40. The van der Waals surface area contributed by atoms with Gasteiger partial charge in [0, 0.05) is 24.0 Å². The molecule has 2 rings (SSSR count). The first-order valence-corrected chi connectivity index (χ1v) is 5.63. The van der Waals surface area contributed by atoms with Crippen molar-refractivity contribution >= 4 is 11.3 Å². The summed E-state index contributed by atoms with van der Waals surface area (Å²) in [5.41, 5.74) is 9.02.